The quantitative estimate of drug-likeness (QED) is 0.556. The number of thioether (sulfide) groups is 1. The molecule has 1 aromatic carbocycles. The second-order valence-corrected chi connectivity index (χ2v) is 6.88. The molecule has 1 saturated heterocycles. The van der Waals surface area contributed by atoms with Crippen molar-refractivity contribution in [2.24, 2.45) is 0 Å². The van der Waals surface area contributed by atoms with Gasteiger partial charge >= 0.3 is 5.97 Å². The number of aromatic hydroxyl groups is 1. The number of hydrogen-bond donors (Lipinski definition) is 4. The van der Waals surface area contributed by atoms with Crippen LogP contribution in [0.4, 0.5) is 0 Å². The van der Waals surface area contributed by atoms with E-state index in [1.165, 1.54) is 30.0 Å². The van der Waals surface area contributed by atoms with Gasteiger partial charge in [0.2, 0.25) is 0 Å². The summed E-state index contributed by atoms with van der Waals surface area (Å²) in [4.78, 5) is 37.2. The predicted molar refractivity (Wildman–Crippen MR) is 88.9 cm³/mol. The van der Waals surface area contributed by atoms with Crippen molar-refractivity contribution in [3.05, 3.63) is 40.6 Å². The van der Waals surface area contributed by atoms with Crippen molar-refractivity contribution in [1.82, 2.24) is 10.2 Å². The van der Waals surface area contributed by atoms with Gasteiger partial charge in [-0.05, 0) is 36.3 Å². The number of β-lactam (4-membered cyclic amide) rings is 1. The monoisotopic (exact) mass is 364 g/mol. The van der Waals surface area contributed by atoms with E-state index in [4.69, 9.17) is 0 Å². The maximum atomic E-state index is 12.3. The maximum Gasteiger partial charge on any atom is 0.352 e. The van der Waals surface area contributed by atoms with Crippen molar-refractivity contribution < 1.29 is 29.7 Å². The van der Waals surface area contributed by atoms with E-state index >= 15 is 0 Å². The molecule has 1 aromatic rings. The normalized spacial score (nSPS) is 22.3. The van der Waals surface area contributed by atoms with E-state index in [0.717, 1.165) is 4.90 Å². The molecule has 2 aliphatic rings. The first kappa shape index (κ1) is 17.3. The third-order valence-electron chi connectivity index (χ3n) is 4.19. The summed E-state index contributed by atoms with van der Waals surface area (Å²) in [5, 5.41) is 30.2. The standard InChI is InChI=1S/C16H16N2O6S/c1-7-4-8(2-3-10(7)20)13(21)17-11-14(22)18-12(16(23)24)9(5-19)6-25-15(11)18/h2-4,11,15,19-20H,5-6H2,1H3,(H,17,21)(H,23,24)/t11-,15-/m0/s1. The summed E-state index contributed by atoms with van der Waals surface area (Å²) in [6.45, 7) is 1.22. The zero-order chi connectivity index (χ0) is 18.3. The zero-order valence-electron chi connectivity index (χ0n) is 13.2. The minimum Gasteiger partial charge on any atom is -0.508 e. The van der Waals surface area contributed by atoms with Crippen molar-refractivity contribution in [1.29, 1.82) is 0 Å². The second-order valence-electron chi connectivity index (χ2n) is 5.78. The Balaban J connectivity index is 1.77. The highest BCUT2D eigenvalue weighted by Crippen LogP contribution is 2.40. The highest BCUT2D eigenvalue weighted by atomic mass is 32.2. The Morgan fingerprint density at radius 2 is 2.12 bits per heavy atom. The van der Waals surface area contributed by atoms with Gasteiger partial charge in [0.25, 0.3) is 11.8 Å². The van der Waals surface area contributed by atoms with Gasteiger partial charge in [-0.25, -0.2) is 4.79 Å². The van der Waals surface area contributed by atoms with Crippen molar-refractivity contribution in [3.63, 3.8) is 0 Å². The van der Waals surface area contributed by atoms with Crippen LogP contribution in [0.3, 0.4) is 0 Å². The Morgan fingerprint density at radius 3 is 2.72 bits per heavy atom. The lowest BCUT2D eigenvalue weighted by Gasteiger charge is -2.49. The number of aliphatic carboxylic acids is 1. The SMILES string of the molecule is Cc1cc(C(=O)N[C@H]2C(=O)N3C(C(=O)O)=C(CO)CS[C@@H]23)ccc1O. The van der Waals surface area contributed by atoms with Crippen LogP contribution in [0.25, 0.3) is 0 Å². The van der Waals surface area contributed by atoms with Gasteiger partial charge in [-0.15, -0.1) is 11.8 Å². The molecule has 0 aromatic heterocycles. The van der Waals surface area contributed by atoms with Gasteiger partial charge in [-0.1, -0.05) is 0 Å². The van der Waals surface area contributed by atoms with Crippen LogP contribution >= 0.6 is 11.8 Å². The number of rotatable bonds is 4. The molecule has 2 amide bonds. The molecule has 3 rings (SSSR count). The fourth-order valence-corrected chi connectivity index (χ4v) is 4.16. The number of phenols is 1. The first-order valence-corrected chi connectivity index (χ1v) is 8.51. The number of aliphatic hydroxyl groups is 1. The number of benzene rings is 1. The fraction of sp³-hybridized carbons (Fsp3) is 0.312. The molecule has 1 fully saturated rings. The number of carboxylic acids is 1. The van der Waals surface area contributed by atoms with Crippen molar-refractivity contribution in [3.8, 4) is 5.75 Å². The fourth-order valence-electron chi connectivity index (χ4n) is 2.83. The zero-order valence-corrected chi connectivity index (χ0v) is 14.0. The first-order chi connectivity index (χ1) is 11.8. The Hall–Kier alpha value is -2.52. The number of carboxylic acid groups (broad SMARTS) is 1. The smallest absolute Gasteiger partial charge is 0.352 e. The summed E-state index contributed by atoms with van der Waals surface area (Å²) in [5.41, 5.74) is 0.903. The molecule has 4 N–H and O–H groups in total. The predicted octanol–water partition coefficient (Wildman–Crippen LogP) is 0.0451. The van der Waals surface area contributed by atoms with E-state index in [1.54, 1.807) is 6.92 Å². The van der Waals surface area contributed by atoms with Crippen LogP contribution in [0.5, 0.6) is 5.75 Å². The Kier molecular flexibility index (Phi) is 4.44. The lowest BCUT2D eigenvalue weighted by atomic mass is 10.0. The van der Waals surface area contributed by atoms with Gasteiger partial charge in [0.15, 0.2) is 0 Å². The molecule has 0 unspecified atom stereocenters. The summed E-state index contributed by atoms with van der Waals surface area (Å²) in [7, 11) is 0. The van der Waals surface area contributed by atoms with Gasteiger partial charge in [0.1, 0.15) is 22.9 Å². The molecule has 2 atom stereocenters. The van der Waals surface area contributed by atoms with Gasteiger partial charge in [0, 0.05) is 11.3 Å². The maximum absolute atomic E-state index is 12.3. The molecule has 0 radical (unpaired) electrons. The summed E-state index contributed by atoms with van der Waals surface area (Å²) < 4.78 is 0. The van der Waals surface area contributed by atoms with E-state index < -0.39 is 35.8 Å². The van der Waals surface area contributed by atoms with E-state index in [1.807, 2.05) is 0 Å². The van der Waals surface area contributed by atoms with E-state index in [-0.39, 0.29) is 22.8 Å². The molecule has 8 nitrogen and oxygen atoms in total. The van der Waals surface area contributed by atoms with Crippen LogP contribution in [0.15, 0.2) is 29.5 Å². The average Bonchev–Trinajstić information content (AvgIpc) is 2.60. The number of nitrogens with one attached hydrogen (secondary N) is 1. The molecule has 2 aliphatic heterocycles. The minimum atomic E-state index is -1.28. The van der Waals surface area contributed by atoms with Crippen LogP contribution in [-0.2, 0) is 9.59 Å². The topological polar surface area (TPSA) is 127 Å². The number of hydrogen-bond acceptors (Lipinski definition) is 6. The van der Waals surface area contributed by atoms with Crippen LogP contribution in [0.2, 0.25) is 0 Å². The molecule has 9 heteroatoms. The highest BCUT2D eigenvalue weighted by molar-refractivity contribution is 8.00. The molecule has 0 aliphatic carbocycles. The molecule has 0 saturated carbocycles. The van der Waals surface area contributed by atoms with Crippen LogP contribution in [0, 0.1) is 6.92 Å². The minimum absolute atomic E-state index is 0.0676. The van der Waals surface area contributed by atoms with Crippen molar-refractivity contribution in [2.75, 3.05) is 12.4 Å². The Morgan fingerprint density at radius 1 is 1.40 bits per heavy atom. The molecular weight excluding hydrogens is 348 g/mol. The van der Waals surface area contributed by atoms with Crippen LogP contribution < -0.4 is 5.32 Å². The van der Waals surface area contributed by atoms with Crippen molar-refractivity contribution >= 4 is 29.5 Å². The van der Waals surface area contributed by atoms with Crippen LogP contribution in [-0.4, -0.2) is 61.8 Å². The lowest BCUT2D eigenvalue weighted by Crippen LogP contribution is -2.70. The largest absolute Gasteiger partial charge is 0.508 e. The Labute approximate surface area is 147 Å². The van der Waals surface area contributed by atoms with Crippen molar-refractivity contribution in [2.45, 2.75) is 18.3 Å². The summed E-state index contributed by atoms with van der Waals surface area (Å²) >= 11 is 1.29. The number of aryl methyl sites for hydroxylation is 1. The van der Waals surface area contributed by atoms with Gasteiger partial charge < -0.3 is 20.6 Å². The van der Waals surface area contributed by atoms with E-state index in [2.05, 4.69) is 5.32 Å². The average molecular weight is 364 g/mol. The van der Waals surface area contributed by atoms with Gasteiger partial charge in [0.05, 0.1) is 6.61 Å². The third-order valence-corrected chi connectivity index (χ3v) is 5.53. The van der Waals surface area contributed by atoms with Crippen LogP contribution in [0.1, 0.15) is 15.9 Å². The van der Waals surface area contributed by atoms with Gasteiger partial charge in [-0.3, -0.25) is 14.5 Å². The number of phenolic OH excluding ortho intramolecular Hbond substituents is 1. The summed E-state index contributed by atoms with van der Waals surface area (Å²) in [6, 6.07) is 3.51. The molecule has 132 valence electrons. The number of amides is 2. The van der Waals surface area contributed by atoms with E-state index in [0.29, 0.717) is 11.1 Å². The Bertz CT molecular complexity index is 806. The number of fused-ring (bicyclic) bond motifs is 1. The molecule has 2 heterocycles. The lowest BCUT2D eigenvalue weighted by molar-refractivity contribution is -0.148. The summed E-state index contributed by atoms with van der Waals surface area (Å²) in [6.07, 6.45) is 0. The molecule has 0 spiro atoms. The molecule has 25 heavy (non-hydrogen) atoms. The third kappa shape index (κ3) is 2.85. The summed E-state index contributed by atoms with van der Waals surface area (Å²) in [5.74, 6) is -1.93. The number of carbonyl (C=O) groups excluding carboxylic acids is 2. The molecule has 0 bridgehead atoms. The molecular formula is C16H16N2O6S. The first-order valence-electron chi connectivity index (χ1n) is 7.46. The van der Waals surface area contributed by atoms with Gasteiger partial charge in [-0.2, -0.15) is 0 Å². The number of nitrogens with zero attached hydrogens (tertiary/aromatic N) is 1. The number of aliphatic hydroxyl groups excluding tert-OH is 1. The van der Waals surface area contributed by atoms with E-state index in [9.17, 15) is 29.7 Å². The number of carbonyl (C=O) groups is 3. The second kappa shape index (κ2) is 6.41. The highest BCUT2D eigenvalue weighted by Gasteiger charge is 2.54.